The number of carbonyl (C=O) groups excluding carboxylic acids is 2. The van der Waals surface area contributed by atoms with Crippen molar-refractivity contribution in [3.8, 4) is 0 Å². The van der Waals surface area contributed by atoms with Crippen molar-refractivity contribution < 1.29 is 9.59 Å². The number of aromatic nitrogens is 1. The van der Waals surface area contributed by atoms with Crippen LogP contribution >= 0.6 is 11.3 Å². The third-order valence-corrected chi connectivity index (χ3v) is 5.52. The molecular formula is C21H24N4O2S. The number of urea groups is 1. The zero-order valence-electron chi connectivity index (χ0n) is 16.2. The van der Waals surface area contributed by atoms with Crippen molar-refractivity contribution in [2.75, 3.05) is 7.05 Å². The topological polar surface area (TPSA) is 74.3 Å². The molecule has 6 nitrogen and oxygen atoms in total. The van der Waals surface area contributed by atoms with Crippen LogP contribution in [0.3, 0.4) is 0 Å². The molecule has 7 heteroatoms. The Bertz CT molecular complexity index is 933. The number of hydrogen-bond donors (Lipinski definition) is 2. The fourth-order valence-electron chi connectivity index (χ4n) is 2.60. The highest BCUT2D eigenvalue weighted by atomic mass is 32.1. The number of benzene rings is 2. The van der Waals surface area contributed by atoms with Crippen LogP contribution < -0.4 is 10.6 Å². The lowest BCUT2D eigenvalue weighted by atomic mass is 10.1. The molecule has 0 saturated heterocycles. The minimum absolute atomic E-state index is 0.0110. The highest BCUT2D eigenvalue weighted by molar-refractivity contribution is 7.18. The van der Waals surface area contributed by atoms with E-state index in [1.54, 1.807) is 35.4 Å². The number of fused-ring (bicyclic) bond motifs is 1. The van der Waals surface area contributed by atoms with Gasteiger partial charge in [0.05, 0.1) is 16.8 Å². The molecule has 0 aliphatic heterocycles. The maximum absolute atomic E-state index is 12.3. The Hall–Kier alpha value is -2.93. The van der Waals surface area contributed by atoms with Crippen LogP contribution in [-0.2, 0) is 13.1 Å². The monoisotopic (exact) mass is 396 g/mol. The summed E-state index contributed by atoms with van der Waals surface area (Å²) in [6, 6.07) is 15.1. The summed E-state index contributed by atoms with van der Waals surface area (Å²) < 4.78 is 1.11. The normalized spacial score (nSPS) is 10.9. The second-order valence-corrected chi connectivity index (χ2v) is 7.93. The molecule has 2 aromatic carbocycles. The number of rotatable bonds is 6. The van der Waals surface area contributed by atoms with Gasteiger partial charge in [0.1, 0.15) is 5.01 Å². The number of thiazole rings is 1. The smallest absolute Gasteiger partial charge is 0.315 e. The van der Waals surface area contributed by atoms with Gasteiger partial charge in [-0.1, -0.05) is 24.3 Å². The first-order valence-electron chi connectivity index (χ1n) is 9.16. The van der Waals surface area contributed by atoms with Gasteiger partial charge in [-0.05, 0) is 43.7 Å². The van der Waals surface area contributed by atoms with Crippen molar-refractivity contribution >= 4 is 33.5 Å². The van der Waals surface area contributed by atoms with Gasteiger partial charge in [-0.15, -0.1) is 11.3 Å². The SMILES string of the molecule is CC(C)N(C)C(=O)c1ccc(CNC(=O)NCc2nc3ccccc3s2)cc1. The Kier molecular flexibility index (Phi) is 6.26. The fraction of sp³-hybridized carbons (Fsp3) is 0.286. The molecule has 146 valence electrons. The molecule has 0 aliphatic rings. The third-order valence-electron chi connectivity index (χ3n) is 4.49. The molecular weight excluding hydrogens is 372 g/mol. The Morgan fingerprint density at radius 3 is 2.39 bits per heavy atom. The van der Waals surface area contributed by atoms with Crippen LogP contribution in [0.1, 0.15) is 34.8 Å². The zero-order chi connectivity index (χ0) is 20.1. The van der Waals surface area contributed by atoms with Crippen molar-refractivity contribution in [2.24, 2.45) is 0 Å². The largest absolute Gasteiger partial charge is 0.339 e. The van der Waals surface area contributed by atoms with Crippen LogP contribution in [0.5, 0.6) is 0 Å². The average Bonchev–Trinajstić information content (AvgIpc) is 3.13. The molecule has 1 heterocycles. The maximum atomic E-state index is 12.3. The van der Waals surface area contributed by atoms with Gasteiger partial charge < -0.3 is 15.5 Å². The Morgan fingerprint density at radius 1 is 1.04 bits per heavy atom. The maximum Gasteiger partial charge on any atom is 0.315 e. The first-order chi connectivity index (χ1) is 13.4. The molecule has 0 bridgehead atoms. The Morgan fingerprint density at radius 2 is 1.71 bits per heavy atom. The molecule has 28 heavy (non-hydrogen) atoms. The standard InChI is InChI=1S/C21H24N4O2S/c1-14(2)25(3)20(26)16-10-8-15(9-11-16)12-22-21(27)23-13-19-24-17-6-4-5-7-18(17)28-19/h4-11,14H,12-13H2,1-3H3,(H2,22,23,27). The van der Waals surface area contributed by atoms with Crippen molar-refractivity contribution in [1.29, 1.82) is 0 Å². The average molecular weight is 397 g/mol. The summed E-state index contributed by atoms with van der Waals surface area (Å²) in [5, 5.41) is 6.52. The molecule has 1 aromatic heterocycles. The highest BCUT2D eigenvalue weighted by Gasteiger charge is 2.14. The summed E-state index contributed by atoms with van der Waals surface area (Å²) in [6.07, 6.45) is 0. The summed E-state index contributed by atoms with van der Waals surface area (Å²) >= 11 is 1.57. The van der Waals surface area contributed by atoms with Crippen LogP contribution in [0.4, 0.5) is 4.79 Å². The number of hydrogen-bond acceptors (Lipinski definition) is 4. The summed E-state index contributed by atoms with van der Waals surface area (Å²) in [5.41, 5.74) is 2.52. The molecule has 0 radical (unpaired) electrons. The van der Waals surface area contributed by atoms with E-state index in [4.69, 9.17) is 0 Å². The van der Waals surface area contributed by atoms with Gasteiger partial charge in [0, 0.05) is 25.2 Å². The van der Waals surface area contributed by atoms with Crippen LogP contribution in [0.2, 0.25) is 0 Å². The summed E-state index contributed by atoms with van der Waals surface area (Å²) in [6.45, 7) is 4.73. The molecule has 2 N–H and O–H groups in total. The molecule has 3 amide bonds. The molecule has 0 unspecified atom stereocenters. The van der Waals surface area contributed by atoms with Crippen molar-refractivity contribution in [3.63, 3.8) is 0 Å². The third kappa shape index (κ3) is 4.86. The van der Waals surface area contributed by atoms with E-state index >= 15 is 0 Å². The first kappa shape index (κ1) is 19.8. The quantitative estimate of drug-likeness (QED) is 0.666. The van der Waals surface area contributed by atoms with E-state index in [9.17, 15) is 9.59 Å². The van der Waals surface area contributed by atoms with Crippen LogP contribution in [0.25, 0.3) is 10.2 Å². The number of para-hydroxylation sites is 1. The lowest BCUT2D eigenvalue weighted by Gasteiger charge is -2.21. The van der Waals surface area contributed by atoms with Crippen LogP contribution in [0, 0.1) is 0 Å². The van der Waals surface area contributed by atoms with Gasteiger partial charge in [-0.3, -0.25) is 4.79 Å². The van der Waals surface area contributed by atoms with E-state index in [-0.39, 0.29) is 18.0 Å². The number of carbonyl (C=O) groups is 2. The second-order valence-electron chi connectivity index (χ2n) is 6.82. The minimum Gasteiger partial charge on any atom is -0.339 e. The first-order valence-corrected chi connectivity index (χ1v) is 9.98. The van der Waals surface area contributed by atoms with Crippen LogP contribution in [0.15, 0.2) is 48.5 Å². The van der Waals surface area contributed by atoms with Gasteiger partial charge in [0.25, 0.3) is 5.91 Å². The van der Waals surface area contributed by atoms with Gasteiger partial charge >= 0.3 is 6.03 Å². The minimum atomic E-state index is -0.251. The molecule has 0 spiro atoms. The lowest BCUT2D eigenvalue weighted by molar-refractivity contribution is 0.0755. The number of nitrogens with zero attached hydrogens (tertiary/aromatic N) is 2. The molecule has 0 atom stereocenters. The highest BCUT2D eigenvalue weighted by Crippen LogP contribution is 2.21. The van der Waals surface area contributed by atoms with Crippen molar-refractivity contribution in [1.82, 2.24) is 20.5 Å². The van der Waals surface area contributed by atoms with E-state index in [0.29, 0.717) is 18.7 Å². The Labute approximate surface area is 168 Å². The van der Waals surface area contributed by atoms with E-state index in [1.807, 2.05) is 50.2 Å². The van der Waals surface area contributed by atoms with Crippen LogP contribution in [-0.4, -0.2) is 34.9 Å². The lowest BCUT2D eigenvalue weighted by Crippen LogP contribution is -2.34. The van der Waals surface area contributed by atoms with Gasteiger partial charge in [-0.25, -0.2) is 9.78 Å². The number of amides is 3. The molecule has 0 aliphatic carbocycles. The van der Waals surface area contributed by atoms with Gasteiger partial charge in [0.15, 0.2) is 0 Å². The van der Waals surface area contributed by atoms with E-state index < -0.39 is 0 Å². The van der Waals surface area contributed by atoms with Gasteiger partial charge in [-0.2, -0.15) is 0 Å². The van der Waals surface area contributed by atoms with Crippen molar-refractivity contribution in [2.45, 2.75) is 33.0 Å². The predicted molar refractivity (Wildman–Crippen MR) is 112 cm³/mol. The molecule has 3 aromatic rings. The van der Waals surface area contributed by atoms with Gasteiger partial charge in [0.2, 0.25) is 0 Å². The van der Waals surface area contributed by atoms with E-state index in [0.717, 1.165) is 20.8 Å². The summed E-state index contributed by atoms with van der Waals surface area (Å²) in [4.78, 5) is 30.5. The summed E-state index contributed by atoms with van der Waals surface area (Å²) in [5.74, 6) is -0.0110. The fourth-order valence-corrected chi connectivity index (χ4v) is 3.51. The number of nitrogens with one attached hydrogen (secondary N) is 2. The van der Waals surface area contributed by atoms with Crippen molar-refractivity contribution in [3.05, 3.63) is 64.7 Å². The molecule has 0 fully saturated rings. The predicted octanol–water partition coefficient (Wildman–Crippen LogP) is 3.78. The Balaban J connectivity index is 1.48. The summed E-state index contributed by atoms with van der Waals surface area (Å²) in [7, 11) is 1.79. The van der Waals surface area contributed by atoms with E-state index in [1.165, 1.54) is 0 Å². The zero-order valence-corrected chi connectivity index (χ0v) is 17.0. The molecule has 3 rings (SSSR count). The second kappa shape index (κ2) is 8.84. The molecule has 0 saturated carbocycles. The van der Waals surface area contributed by atoms with E-state index in [2.05, 4.69) is 15.6 Å².